The van der Waals surface area contributed by atoms with Crippen LogP contribution in [-0.4, -0.2) is 23.6 Å². The number of halogens is 2. The predicted molar refractivity (Wildman–Crippen MR) is 110 cm³/mol. The van der Waals surface area contributed by atoms with E-state index in [0.717, 1.165) is 4.90 Å². The third kappa shape index (κ3) is 7.67. The Hall–Kier alpha value is -2.42. The van der Waals surface area contributed by atoms with Gasteiger partial charge in [0.2, 0.25) is 11.8 Å². The number of hydrazine groups is 1. The molecular weight excluding hydrogens is 423 g/mol. The van der Waals surface area contributed by atoms with Crippen molar-refractivity contribution < 1.29 is 14.4 Å². The van der Waals surface area contributed by atoms with Crippen LogP contribution in [0.15, 0.2) is 53.4 Å². The quantitative estimate of drug-likeness (QED) is 0.391. The summed E-state index contributed by atoms with van der Waals surface area (Å²) in [5, 5.41) is 3.63. The highest BCUT2D eigenvalue weighted by Crippen LogP contribution is 2.20. The van der Waals surface area contributed by atoms with Crippen molar-refractivity contribution in [3.8, 4) is 0 Å². The summed E-state index contributed by atoms with van der Waals surface area (Å²) in [6, 6.07) is 12.3. The molecule has 2 aromatic rings. The summed E-state index contributed by atoms with van der Waals surface area (Å²) in [4.78, 5) is 36.1. The molecule has 0 heterocycles. The highest BCUT2D eigenvalue weighted by molar-refractivity contribution is 8.00. The molecule has 0 spiro atoms. The lowest BCUT2D eigenvalue weighted by Crippen LogP contribution is -2.44. The maximum atomic E-state index is 12.1. The average Bonchev–Trinajstić information content (AvgIpc) is 2.65. The second kappa shape index (κ2) is 10.8. The summed E-state index contributed by atoms with van der Waals surface area (Å²) >= 11 is 13.0. The van der Waals surface area contributed by atoms with Crippen molar-refractivity contribution in [1.29, 1.82) is 0 Å². The first-order valence-corrected chi connectivity index (χ1v) is 9.85. The van der Waals surface area contributed by atoms with Gasteiger partial charge in [0.1, 0.15) is 0 Å². The summed E-state index contributed by atoms with van der Waals surface area (Å²) in [6.07, 6.45) is -0.116. The number of hydrogen-bond acceptors (Lipinski definition) is 4. The van der Waals surface area contributed by atoms with Gasteiger partial charge in [-0.3, -0.25) is 20.4 Å². The molecule has 10 heteroatoms. The first-order valence-electron chi connectivity index (χ1n) is 8.11. The maximum absolute atomic E-state index is 12.1. The number of benzene rings is 2. The van der Waals surface area contributed by atoms with Gasteiger partial charge < -0.3 is 11.1 Å². The Morgan fingerprint density at radius 3 is 2.00 bits per heavy atom. The molecule has 28 heavy (non-hydrogen) atoms. The lowest BCUT2D eigenvalue weighted by atomic mass is 10.0. The van der Waals surface area contributed by atoms with E-state index in [9.17, 15) is 14.4 Å². The third-order valence-electron chi connectivity index (χ3n) is 3.50. The van der Waals surface area contributed by atoms with Crippen LogP contribution in [0, 0.1) is 0 Å². The third-order valence-corrected chi connectivity index (χ3v) is 5.02. The minimum Gasteiger partial charge on any atom is -0.352 e. The van der Waals surface area contributed by atoms with Gasteiger partial charge in [-0.15, -0.1) is 11.8 Å². The average molecular weight is 441 g/mol. The van der Waals surface area contributed by atoms with Crippen molar-refractivity contribution in [2.24, 2.45) is 5.73 Å². The second-order valence-electron chi connectivity index (χ2n) is 5.66. The van der Waals surface area contributed by atoms with Gasteiger partial charge >= 0.3 is 6.03 Å². The number of rotatable bonds is 7. The Morgan fingerprint density at radius 2 is 1.43 bits per heavy atom. The topological polar surface area (TPSA) is 113 Å². The number of carbonyl (C=O) groups excluding carboxylic acids is 3. The van der Waals surface area contributed by atoms with E-state index in [1.165, 1.54) is 11.8 Å². The van der Waals surface area contributed by atoms with Gasteiger partial charge in [0, 0.05) is 14.9 Å². The Morgan fingerprint density at radius 1 is 0.893 bits per heavy atom. The zero-order valence-corrected chi connectivity index (χ0v) is 16.9. The number of nitrogens with one attached hydrogen (secondary N) is 3. The van der Waals surface area contributed by atoms with Crippen LogP contribution in [0.3, 0.4) is 0 Å². The Bertz CT molecular complexity index is 832. The molecule has 0 fully saturated rings. The fourth-order valence-electron chi connectivity index (χ4n) is 2.21. The molecule has 0 radical (unpaired) electrons. The van der Waals surface area contributed by atoms with Gasteiger partial charge in [-0.2, -0.15) is 0 Å². The van der Waals surface area contributed by atoms with Gasteiger partial charge in [0.15, 0.2) is 0 Å². The number of amides is 4. The minimum atomic E-state index is -0.767. The van der Waals surface area contributed by atoms with Gasteiger partial charge in [-0.05, 0) is 42.0 Å². The Kier molecular flexibility index (Phi) is 8.43. The molecule has 0 aliphatic heterocycles. The fourth-order valence-corrected chi connectivity index (χ4v) is 3.16. The summed E-state index contributed by atoms with van der Waals surface area (Å²) in [6.45, 7) is 0. The summed E-state index contributed by atoms with van der Waals surface area (Å²) in [5.41, 5.74) is 10.5. The number of hydrogen-bond donors (Lipinski definition) is 4. The van der Waals surface area contributed by atoms with Crippen LogP contribution in [-0.2, 0) is 9.59 Å². The Balaban J connectivity index is 1.82. The zero-order chi connectivity index (χ0) is 20.5. The van der Waals surface area contributed by atoms with Crippen LogP contribution in [0.4, 0.5) is 4.79 Å². The predicted octanol–water partition coefficient (Wildman–Crippen LogP) is 3.03. The van der Waals surface area contributed by atoms with E-state index >= 15 is 0 Å². The lowest BCUT2D eigenvalue weighted by molar-refractivity contribution is -0.127. The molecule has 0 aromatic heterocycles. The number of urea groups is 1. The van der Waals surface area contributed by atoms with E-state index in [0.29, 0.717) is 15.6 Å². The van der Waals surface area contributed by atoms with Crippen LogP contribution >= 0.6 is 35.0 Å². The van der Waals surface area contributed by atoms with E-state index in [4.69, 9.17) is 28.9 Å². The molecule has 2 aromatic carbocycles. The SMILES string of the molecule is NC(=O)NC(CC(=O)NNC(=O)CSc1ccc(Cl)cc1)c1ccc(Cl)cc1. The molecule has 0 saturated heterocycles. The standard InChI is InChI=1S/C18H18Cl2N4O3S/c19-12-3-1-11(2-4-12)15(22-18(21)27)9-16(25)23-24-17(26)10-28-14-7-5-13(20)6-8-14/h1-8,15H,9-10H2,(H,23,25)(H,24,26)(H3,21,22,27). The lowest BCUT2D eigenvalue weighted by Gasteiger charge is -2.18. The highest BCUT2D eigenvalue weighted by atomic mass is 35.5. The maximum Gasteiger partial charge on any atom is 0.312 e. The molecule has 5 N–H and O–H groups in total. The first kappa shape index (κ1) is 21.9. The van der Waals surface area contributed by atoms with Crippen LogP contribution in [0.1, 0.15) is 18.0 Å². The molecule has 0 bridgehead atoms. The van der Waals surface area contributed by atoms with Crippen molar-refractivity contribution in [1.82, 2.24) is 16.2 Å². The van der Waals surface area contributed by atoms with Gasteiger partial charge in [-0.25, -0.2) is 4.79 Å². The summed E-state index contributed by atoms with van der Waals surface area (Å²) < 4.78 is 0. The van der Waals surface area contributed by atoms with Crippen LogP contribution in [0.5, 0.6) is 0 Å². The summed E-state index contributed by atoms with van der Waals surface area (Å²) in [7, 11) is 0. The fraction of sp³-hybridized carbons (Fsp3) is 0.167. The monoisotopic (exact) mass is 440 g/mol. The second-order valence-corrected chi connectivity index (χ2v) is 7.58. The molecular formula is C18H18Cl2N4O3S. The van der Waals surface area contributed by atoms with Gasteiger partial charge in [0.05, 0.1) is 18.2 Å². The molecule has 1 unspecified atom stereocenters. The number of primary amides is 1. The molecule has 2 rings (SSSR count). The van der Waals surface area contributed by atoms with Crippen molar-refractivity contribution in [2.75, 3.05) is 5.75 Å². The number of carbonyl (C=O) groups is 3. The largest absolute Gasteiger partial charge is 0.352 e. The Labute approximate surface area is 176 Å². The number of nitrogens with two attached hydrogens (primary N) is 1. The van der Waals surface area contributed by atoms with E-state index in [1.54, 1.807) is 48.5 Å². The van der Waals surface area contributed by atoms with Crippen LogP contribution in [0.25, 0.3) is 0 Å². The van der Waals surface area contributed by atoms with E-state index < -0.39 is 18.0 Å². The van der Waals surface area contributed by atoms with Crippen molar-refractivity contribution in [2.45, 2.75) is 17.4 Å². The van der Waals surface area contributed by atoms with E-state index in [-0.39, 0.29) is 18.1 Å². The zero-order valence-electron chi connectivity index (χ0n) is 14.6. The van der Waals surface area contributed by atoms with Gasteiger partial charge in [0.25, 0.3) is 0 Å². The van der Waals surface area contributed by atoms with E-state index in [2.05, 4.69) is 16.2 Å². The molecule has 7 nitrogen and oxygen atoms in total. The minimum absolute atomic E-state index is 0.113. The van der Waals surface area contributed by atoms with Crippen LogP contribution < -0.4 is 21.9 Å². The van der Waals surface area contributed by atoms with Gasteiger partial charge in [-0.1, -0.05) is 35.3 Å². The molecule has 1 atom stereocenters. The molecule has 0 aliphatic rings. The van der Waals surface area contributed by atoms with Crippen molar-refractivity contribution >= 4 is 52.8 Å². The number of thioether (sulfide) groups is 1. The normalized spacial score (nSPS) is 11.4. The first-order chi connectivity index (χ1) is 13.3. The van der Waals surface area contributed by atoms with Crippen molar-refractivity contribution in [3.63, 3.8) is 0 Å². The molecule has 148 valence electrons. The van der Waals surface area contributed by atoms with Crippen LogP contribution in [0.2, 0.25) is 10.0 Å². The smallest absolute Gasteiger partial charge is 0.312 e. The highest BCUT2D eigenvalue weighted by Gasteiger charge is 2.18. The summed E-state index contributed by atoms with van der Waals surface area (Å²) in [5.74, 6) is -0.750. The molecule has 0 aliphatic carbocycles. The molecule has 0 saturated carbocycles. The van der Waals surface area contributed by atoms with Crippen molar-refractivity contribution in [3.05, 3.63) is 64.1 Å². The molecule has 4 amide bonds. The van der Waals surface area contributed by atoms with E-state index in [1.807, 2.05) is 0 Å².